The van der Waals surface area contributed by atoms with Crippen LogP contribution in [0.25, 0.3) is 0 Å². The Morgan fingerprint density at radius 1 is 1.21 bits per heavy atom. The van der Waals surface area contributed by atoms with Gasteiger partial charge in [-0.3, -0.25) is 9.69 Å². The summed E-state index contributed by atoms with van der Waals surface area (Å²) in [5.41, 5.74) is 0.242. The first-order valence-corrected chi connectivity index (χ1v) is 9.38. The van der Waals surface area contributed by atoms with Gasteiger partial charge in [-0.25, -0.2) is 4.79 Å². The number of halogens is 1. The molecule has 0 aliphatic carbocycles. The number of amides is 3. The number of rotatable bonds is 7. The number of carbonyl (C=O) groups excluding carboxylic acids is 2. The van der Waals surface area contributed by atoms with Crippen molar-refractivity contribution in [3.8, 4) is 11.8 Å². The fourth-order valence-corrected chi connectivity index (χ4v) is 3.22. The molecule has 1 heterocycles. The maximum Gasteiger partial charge on any atom is 0.325 e. The van der Waals surface area contributed by atoms with E-state index in [0.717, 1.165) is 10.5 Å². The molecule has 7 nitrogen and oxygen atoms in total. The Labute approximate surface area is 173 Å². The third kappa shape index (κ3) is 4.50. The number of nitrogens with zero attached hydrogens (tertiary/aromatic N) is 2. The van der Waals surface area contributed by atoms with E-state index in [1.165, 1.54) is 0 Å². The van der Waals surface area contributed by atoms with E-state index in [9.17, 15) is 14.7 Å². The minimum atomic E-state index is -1.22. The summed E-state index contributed by atoms with van der Waals surface area (Å²) in [5.74, 6) is 0.0682. The van der Waals surface area contributed by atoms with Crippen molar-refractivity contribution in [3.05, 3.63) is 64.7 Å². The predicted octanol–water partition coefficient (Wildman–Crippen LogP) is 2.61. The van der Waals surface area contributed by atoms with Crippen LogP contribution < -0.4 is 10.1 Å². The molecule has 1 saturated heterocycles. The Morgan fingerprint density at radius 2 is 1.86 bits per heavy atom. The molecule has 2 atom stereocenters. The molecule has 2 aromatic carbocycles. The highest BCUT2D eigenvalue weighted by Crippen LogP contribution is 2.29. The number of nitrogens with one attached hydrogen (secondary N) is 1. The Bertz CT molecular complexity index is 940. The van der Waals surface area contributed by atoms with Crippen LogP contribution in [0, 0.1) is 11.3 Å². The number of hydrogen-bond acceptors (Lipinski definition) is 5. The molecule has 150 valence electrons. The quantitative estimate of drug-likeness (QED) is 0.679. The molecule has 8 heteroatoms. The molecular weight excluding hydrogens is 394 g/mol. The van der Waals surface area contributed by atoms with E-state index in [4.69, 9.17) is 21.6 Å². The number of aliphatic hydroxyl groups excluding tert-OH is 1. The first kappa shape index (κ1) is 20.6. The standard InChI is InChI=1S/C21H20ClN3O4/c1-21(15-4-6-16(22)7-5-15)19(27)25(20(28)24-21)12-17(26)13-29-18-8-2-14(3-9-18)10-11-23/h2-9,17,26H,10,12-13H2,1H3,(H,24,28)/t17-,21+/m1/s1. The van der Waals surface area contributed by atoms with Gasteiger partial charge in [-0.2, -0.15) is 5.26 Å². The van der Waals surface area contributed by atoms with Gasteiger partial charge in [0.05, 0.1) is 19.0 Å². The van der Waals surface area contributed by atoms with Crippen LogP contribution in [0.2, 0.25) is 5.02 Å². The first-order chi connectivity index (χ1) is 13.8. The van der Waals surface area contributed by atoms with Gasteiger partial charge in [-0.15, -0.1) is 0 Å². The van der Waals surface area contributed by atoms with Crippen LogP contribution in [0.15, 0.2) is 48.5 Å². The van der Waals surface area contributed by atoms with E-state index < -0.39 is 23.6 Å². The topological polar surface area (TPSA) is 103 Å². The van der Waals surface area contributed by atoms with Crippen LogP contribution in [-0.4, -0.2) is 41.2 Å². The lowest BCUT2D eigenvalue weighted by molar-refractivity contribution is -0.132. The molecule has 2 N–H and O–H groups in total. The Morgan fingerprint density at radius 3 is 2.48 bits per heavy atom. The summed E-state index contributed by atoms with van der Waals surface area (Å²) < 4.78 is 5.51. The lowest BCUT2D eigenvalue weighted by Crippen LogP contribution is -2.42. The van der Waals surface area contributed by atoms with Crippen LogP contribution in [0.5, 0.6) is 5.75 Å². The number of nitriles is 1. The number of hydrogen-bond donors (Lipinski definition) is 2. The maximum absolute atomic E-state index is 12.9. The number of urea groups is 1. The van der Waals surface area contributed by atoms with Gasteiger partial charge in [-0.1, -0.05) is 35.9 Å². The SMILES string of the molecule is C[C@@]1(c2ccc(Cl)cc2)NC(=O)N(C[C@@H](O)COc2ccc(CC#N)cc2)C1=O. The number of ether oxygens (including phenoxy) is 1. The molecule has 1 fully saturated rings. The minimum absolute atomic E-state index is 0.0910. The molecule has 0 spiro atoms. The fourth-order valence-electron chi connectivity index (χ4n) is 3.09. The number of β-amino-alcohol motifs (C(OH)–C–C–N with tert-alkyl or cyclic N) is 1. The summed E-state index contributed by atoms with van der Waals surface area (Å²) in [7, 11) is 0. The highest BCUT2D eigenvalue weighted by atomic mass is 35.5. The van der Waals surface area contributed by atoms with Gasteiger partial charge in [0.25, 0.3) is 5.91 Å². The van der Waals surface area contributed by atoms with Crippen molar-refractivity contribution in [3.63, 3.8) is 0 Å². The van der Waals surface area contributed by atoms with Gasteiger partial charge < -0.3 is 15.2 Å². The first-order valence-electron chi connectivity index (χ1n) is 9.00. The summed E-state index contributed by atoms with van der Waals surface area (Å²) in [5, 5.41) is 22.1. The minimum Gasteiger partial charge on any atom is -0.491 e. The summed E-state index contributed by atoms with van der Waals surface area (Å²) in [6, 6.07) is 15.1. The highest BCUT2D eigenvalue weighted by molar-refractivity contribution is 6.30. The average Bonchev–Trinajstić information content (AvgIpc) is 2.92. The van der Waals surface area contributed by atoms with Crippen molar-refractivity contribution in [2.24, 2.45) is 0 Å². The van der Waals surface area contributed by atoms with Gasteiger partial charge in [0.15, 0.2) is 0 Å². The van der Waals surface area contributed by atoms with Gasteiger partial charge in [0, 0.05) is 5.02 Å². The molecule has 0 aromatic heterocycles. The molecule has 3 amide bonds. The van der Waals surface area contributed by atoms with Crippen molar-refractivity contribution >= 4 is 23.5 Å². The van der Waals surface area contributed by atoms with Crippen LogP contribution in [0.3, 0.4) is 0 Å². The van der Waals surface area contributed by atoms with E-state index in [2.05, 4.69) is 11.4 Å². The van der Waals surface area contributed by atoms with Crippen molar-refractivity contribution in [2.75, 3.05) is 13.2 Å². The van der Waals surface area contributed by atoms with E-state index in [1.54, 1.807) is 55.5 Å². The van der Waals surface area contributed by atoms with E-state index in [1.807, 2.05) is 0 Å². The molecule has 29 heavy (non-hydrogen) atoms. The molecule has 0 radical (unpaired) electrons. The normalized spacial score (nSPS) is 19.6. The van der Waals surface area contributed by atoms with Crippen molar-refractivity contribution in [1.29, 1.82) is 5.26 Å². The van der Waals surface area contributed by atoms with Crippen molar-refractivity contribution in [1.82, 2.24) is 10.2 Å². The second-order valence-electron chi connectivity index (χ2n) is 6.92. The number of imide groups is 1. The van der Waals surface area contributed by atoms with Crippen LogP contribution in [0.4, 0.5) is 4.79 Å². The zero-order chi connectivity index (χ0) is 21.0. The van der Waals surface area contributed by atoms with E-state index in [0.29, 0.717) is 22.8 Å². The second-order valence-corrected chi connectivity index (χ2v) is 7.36. The molecular formula is C21H20ClN3O4. The fraction of sp³-hybridized carbons (Fsp3) is 0.286. The Hall–Kier alpha value is -3.08. The van der Waals surface area contributed by atoms with Crippen molar-refractivity contribution < 1.29 is 19.4 Å². The van der Waals surface area contributed by atoms with Crippen molar-refractivity contribution in [2.45, 2.75) is 25.0 Å². The zero-order valence-corrected chi connectivity index (χ0v) is 16.5. The van der Waals surface area contributed by atoms with Gasteiger partial charge in [0.1, 0.15) is 24.0 Å². The average molecular weight is 414 g/mol. The Kier molecular flexibility index (Phi) is 6.06. The van der Waals surface area contributed by atoms with E-state index >= 15 is 0 Å². The molecule has 0 bridgehead atoms. The lowest BCUT2D eigenvalue weighted by atomic mass is 9.92. The summed E-state index contributed by atoms with van der Waals surface area (Å²) in [6.07, 6.45) is -0.752. The van der Waals surface area contributed by atoms with Crippen LogP contribution >= 0.6 is 11.6 Å². The molecule has 0 saturated carbocycles. The largest absolute Gasteiger partial charge is 0.491 e. The van der Waals surface area contributed by atoms with Crippen LogP contribution in [0.1, 0.15) is 18.1 Å². The summed E-state index contributed by atoms with van der Waals surface area (Å²) >= 11 is 5.89. The third-order valence-electron chi connectivity index (χ3n) is 4.74. The zero-order valence-electron chi connectivity index (χ0n) is 15.8. The monoisotopic (exact) mass is 413 g/mol. The lowest BCUT2D eigenvalue weighted by Gasteiger charge is -2.23. The van der Waals surface area contributed by atoms with Crippen LogP contribution in [-0.2, 0) is 16.8 Å². The molecule has 1 aliphatic heterocycles. The highest BCUT2D eigenvalue weighted by Gasteiger charge is 2.49. The third-order valence-corrected chi connectivity index (χ3v) is 4.99. The molecule has 1 aliphatic rings. The maximum atomic E-state index is 12.9. The molecule has 2 aromatic rings. The van der Waals surface area contributed by atoms with Gasteiger partial charge in [0.2, 0.25) is 0 Å². The van der Waals surface area contributed by atoms with Gasteiger partial charge in [-0.05, 0) is 42.3 Å². The summed E-state index contributed by atoms with van der Waals surface area (Å²) in [4.78, 5) is 26.2. The molecule has 0 unspecified atom stereocenters. The van der Waals surface area contributed by atoms with E-state index in [-0.39, 0.29) is 13.2 Å². The number of carbonyl (C=O) groups is 2. The number of aliphatic hydroxyl groups is 1. The second kappa shape index (κ2) is 8.52. The predicted molar refractivity (Wildman–Crippen MR) is 106 cm³/mol. The number of benzene rings is 2. The van der Waals surface area contributed by atoms with Gasteiger partial charge >= 0.3 is 6.03 Å². The summed E-state index contributed by atoms with van der Waals surface area (Å²) in [6.45, 7) is 1.33. The molecule has 3 rings (SSSR count). The Balaban J connectivity index is 1.60. The smallest absolute Gasteiger partial charge is 0.325 e.